The molecule has 4 fully saturated rings. The summed E-state index contributed by atoms with van der Waals surface area (Å²) in [5.41, 5.74) is -0.179. The molecule has 0 bridgehead atoms. The molecule has 0 radical (unpaired) electrons. The van der Waals surface area contributed by atoms with Gasteiger partial charge in [0.2, 0.25) is 35.4 Å². The summed E-state index contributed by atoms with van der Waals surface area (Å²) >= 11 is 6.63. The second-order valence-electron chi connectivity index (χ2n) is 21.6. The van der Waals surface area contributed by atoms with Gasteiger partial charge >= 0.3 is 12.1 Å². The van der Waals surface area contributed by atoms with Crippen LogP contribution in [0.2, 0.25) is 5.02 Å². The van der Waals surface area contributed by atoms with Gasteiger partial charge in [0.1, 0.15) is 36.4 Å². The number of likely N-dealkylation sites (tertiary alicyclic amines) is 1. The lowest BCUT2D eigenvalue weighted by atomic mass is 9.64. The van der Waals surface area contributed by atoms with Gasteiger partial charge < -0.3 is 44.6 Å². The number of hydrogen-bond donors (Lipinski definition) is 2. The van der Waals surface area contributed by atoms with Crippen molar-refractivity contribution in [2.24, 2.45) is 11.3 Å². The van der Waals surface area contributed by atoms with Crippen LogP contribution in [0.15, 0.2) is 42.5 Å². The first kappa shape index (κ1) is 61.6. The van der Waals surface area contributed by atoms with Crippen molar-refractivity contribution >= 4 is 58.7 Å². The average Bonchev–Trinajstić information content (AvgIpc) is 3.97. The summed E-state index contributed by atoms with van der Waals surface area (Å²) in [7, 11) is 4.47. The first-order valence-electron chi connectivity index (χ1n) is 26.9. The molecule has 2 N–H and O–H groups in total. The minimum Gasteiger partial charge on any atom is -0.466 e. The van der Waals surface area contributed by atoms with Crippen molar-refractivity contribution in [3.63, 3.8) is 0 Å². The molecule has 2 aromatic rings. The number of anilines is 1. The van der Waals surface area contributed by atoms with Gasteiger partial charge in [-0.3, -0.25) is 33.6 Å². The van der Waals surface area contributed by atoms with E-state index in [0.717, 1.165) is 34.8 Å². The number of benzene rings is 2. The van der Waals surface area contributed by atoms with Gasteiger partial charge in [0.15, 0.2) is 5.41 Å². The van der Waals surface area contributed by atoms with Gasteiger partial charge in [0.25, 0.3) is 5.92 Å². The van der Waals surface area contributed by atoms with Crippen LogP contribution < -0.4 is 15.5 Å². The van der Waals surface area contributed by atoms with Crippen molar-refractivity contribution in [3.8, 4) is 11.1 Å². The van der Waals surface area contributed by atoms with E-state index < -0.39 is 128 Å². The monoisotopic (exact) mass is 1130 g/mol. The Hall–Kier alpha value is -5.64. The van der Waals surface area contributed by atoms with Gasteiger partial charge in [-0.2, -0.15) is 13.2 Å². The van der Waals surface area contributed by atoms with E-state index in [1.807, 2.05) is 44.2 Å². The van der Waals surface area contributed by atoms with Crippen LogP contribution in [-0.4, -0.2) is 177 Å². The fourth-order valence-corrected chi connectivity index (χ4v) is 11.2. The Morgan fingerprint density at radius 3 is 2.22 bits per heavy atom. The van der Waals surface area contributed by atoms with E-state index in [2.05, 4.69) is 15.5 Å². The van der Waals surface area contributed by atoms with Gasteiger partial charge in [-0.15, -0.1) is 0 Å². The van der Waals surface area contributed by atoms with E-state index in [4.69, 9.17) is 21.1 Å². The molecule has 0 aromatic heterocycles. The van der Waals surface area contributed by atoms with Crippen molar-refractivity contribution < 1.29 is 69.4 Å². The van der Waals surface area contributed by atoms with Gasteiger partial charge in [0.05, 0.1) is 26.4 Å². The SMILES string of the molecule is CCOC(=O)CC[C@H](NC(=O)[C@@H]1C[C@@H](F)CN1C(=O)C1(C(F)(F)F)CC(F)(F)C1)C(=O)N(C)[C@H]1CCCCCCCN(C)C(=O)[C@H](Cc2cc(Cl)ccc2-c2ccc(N3CCOCC3)cc2)N(C)C(=O)[C@H](CC(C)C)NC1=O. The highest BCUT2D eigenvalue weighted by Gasteiger charge is 2.75. The molecule has 3 aliphatic heterocycles. The van der Waals surface area contributed by atoms with E-state index in [0.29, 0.717) is 62.4 Å². The standard InChI is InChI=1S/C55H74ClF6N7O9/c1-7-78-46(70)21-20-41(63-48(72)44-30-38(57)31-69(44)52(76)53(55(60,61)62)32-54(58,59)33-53)49(73)66(5)43-13-11-9-8-10-12-22-65(4)51(75)45(67(6)50(74)42(27-34(2)3)64-47(43)71)29-36-28-37(56)16-19-40(36)35-14-17-39(18-15-35)68-23-25-77-26-24-68/h14-19,28,34,38,41-45H,7-13,20-27,29-33H2,1-6H3,(H,63,72)(H,64,71)/t38-,41+,42+,43+,44+,45+/m1/s1. The molecule has 2 aromatic carbocycles. The van der Waals surface area contributed by atoms with Crippen LogP contribution in [0.3, 0.4) is 0 Å². The van der Waals surface area contributed by atoms with Crippen LogP contribution in [0.4, 0.5) is 32.0 Å². The van der Waals surface area contributed by atoms with E-state index >= 15 is 4.39 Å². The predicted octanol–water partition coefficient (Wildman–Crippen LogP) is 7.13. The summed E-state index contributed by atoms with van der Waals surface area (Å²) in [6, 6.07) is 6.14. The fraction of sp³-hybridized carbons (Fsp3) is 0.655. The minimum absolute atomic E-state index is 0.0472. The Morgan fingerprint density at radius 2 is 1.59 bits per heavy atom. The third-order valence-electron chi connectivity index (χ3n) is 15.4. The lowest BCUT2D eigenvalue weighted by Gasteiger charge is -2.48. The van der Waals surface area contributed by atoms with Crippen LogP contribution in [0.5, 0.6) is 0 Å². The van der Waals surface area contributed by atoms with E-state index in [9.17, 15) is 55.5 Å². The number of morpholine rings is 1. The molecule has 3 saturated heterocycles. The summed E-state index contributed by atoms with van der Waals surface area (Å²) < 4.78 is 96.7. The summed E-state index contributed by atoms with van der Waals surface area (Å²) in [4.78, 5) is 106. The van der Waals surface area contributed by atoms with Crippen LogP contribution in [0.25, 0.3) is 11.1 Å². The second kappa shape index (κ2) is 26.5. The zero-order valence-electron chi connectivity index (χ0n) is 45.3. The van der Waals surface area contributed by atoms with Crippen LogP contribution in [0.1, 0.15) is 103 Å². The number of rotatable bonds is 15. The Labute approximate surface area is 457 Å². The van der Waals surface area contributed by atoms with E-state index in [1.165, 1.54) is 25.9 Å². The summed E-state index contributed by atoms with van der Waals surface area (Å²) in [5.74, 6) is -10.6. The number of halogens is 7. The first-order chi connectivity index (χ1) is 36.8. The normalized spacial score (nSPS) is 24.1. The third kappa shape index (κ3) is 15.0. The van der Waals surface area contributed by atoms with Gasteiger partial charge in [0, 0.05) is 83.6 Å². The first-order valence-corrected chi connectivity index (χ1v) is 27.3. The van der Waals surface area contributed by atoms with Gasteiger partial charge in [-0.05, 0) is 79.5 Å². The van der Waals surface area contributed by atoms with Gasteiger partial charge in [-0.25, -0.2) is 13.2 Å². The Kier molecular flexibility index (Phi) is 21.0. The molecule has 0 unspecified atom stereocenters. The molecule has 78 heavy (non-hydrogen) atoms. The van der Waals surface area contributed by atoms with Crippen molar-refractivity contribution in [2.75, 3.05) is 72.0 Å². The molecule has 16 nitrogen and oxygen atoms in total. The number of hydrogen-bond acceptors (Lipinski definition) is 10. The molecule has 1 aliphatic carbocycles. The highest BCUT2D eigenvalue weighted by molar-refractivity contribution is 6.30. The quantitative estimate of drug-likeness (QED) is 0.138. The van der Waals surface area contributed by atoms with Crippen LogP contribution >= 0.6 is 11.6 Å². The number of amides is 6. The number of nitrogens with zero attached hydrogens (tertiary/aromatic N) is 5. The highest BCUT2D eigenvalue weighted by Crippen LogP contribution is 2.61. The lowest BCUT2D eigenvalue weighted by molar-refractivity contribution is -0.299. The zero-order chi connectivity index (χ0) is 57.3. The number of likely N-dealkylation sites (N-methyl/N-ethyl adjacent to an activating group) is 3. The van der Waals surface area contributed by atoms with Crippen LogP contribution in [0, 0.1) is 11.3 Å². The summed E-state index contributed by atoms with van der Waals surface area (Å²) in [5, 5.41) is 5.66. The lowest BCUT2D eigenvalue weighted by Crippen LogP contribution is -2.65. The van der Waals surface area contributed by atoms with E-state index in [-0.39, 0.29) is 42.6 Å². The average molecular weight is 1130 g/mol. The molecule has 4 aliphatic rings. The van der Waals surface area contributed by atoms with E-state index in [1.54, 1.807) is 24.1 Å². The number of alkyl halides is 6. The minimum atomic E-state index is -5.46. The smallest absolute Gasteiger partial charge is 0.403 e. The number of esters is 1. The highest BCUT2D eigenvalue weighted by atomic mass is 35.5. The molecule has 1 saturated carbocycles. The molecule has 3 heterocycles. The topological polar surface area (TPSA) is 178 Å². The summed E-state index contributed by atoms with van der Waals surface area (Å²) in [6.45, 7) is 7.29. The number of carbonyl (C=O) groups is 7. The third-order valence-corrected chi connectivity index (χ3v) is 15.6. The van der Waals surface area contributed by atoms with Crippen molar-refractivity contribution in [3.05, 3.63) is 53.1 Å². The maximum absolute atomic E-state index is 15.1. The maximum Gasteiger partial charge on any atom is 0.403 e. The molecule has 6 amide bonds. The molecule has 6 atom stereocenters. The number of nitrogens with one attached hydrogen (secondary N) is 2. The molecule has 6 rings (SSSR count). The van der Waals surface area contributed by atoms with Crippen molar-refractivity contribution in [1.82, 2.24) is 30.2 Å². The van der Waals surface area contributed by atoms with Gasteiger partial charge in [-0.1, -0.05) is 69.3 Å². The fourth-order valence-electron chi connectivity index (χ4n) is 11.0. The summed E-state index contributed by atoms with van der Waals surface area (Å²) in [6.07, 6.45) is -9.87. The zero-order valence-corrected chi connectivity index (χ0v) is 46.0. The molecule has 432 valence electrons. The largest absolute Gasteiger partial charge is 0.466 e. The number of carbonyl (C=O) groups excluding carboxylic acids is 7. The number of ether oxygens (including phenoxy) is 2. The van der Waals surface area contributed by atoms with Crippen molar-refractivity contribution in [1.29, 1.82) is 0 Å². The molecular weight excluding hydrogens is 1050 g/mol. The maximum atomic E-state index is 15.1. The molecule has 0 spiro atoms. The second-order valence-corrected chi connectivity index (χ2v) is 22.0. The van der Waals surface area contributed by atoms with Crippen LogP contribution in [-0.2, 0) is 49.5 Å². The predicted molar refractivity (Wildman–Crippen MR) is 279 cm³/mol. The van der Waals surface area contributed by atoms with Crippen molar-refractivity contribution in [2.45, 2.75) is 153 Å². The Balaban J connectivity index is 1.28. The molecular formula is C55H74ClF6N7O9. The Morgan fingerprint density at radius 1 is 0.936 bits per heavy atom. The Bertz CT molecular complexity index is 2460. The molecule has 23 heteroatoms.